The van der Waals surface area contributed by atoms with Gasteiger partial charge in [0.25, 0.3) is 0 Å². The van der Waals surface area contributed by atoms with Crippen LogP contribution in [0, 0.1) is 16.7 Å². The average molecular weight is 122 g/mol. The molecule has 0 radical (unpaired) electrons. The minimum absolute atomic E-state index is 0.963. The Balaban J connectivity index is 1.89. The number of rotatable bonds is 0. The molecule has 0 saturated heterocycles. The summed E-state index contributed by atoms with van der Waals surface area (Å²) in [7, 11) is 0. The van der Waals surface area contributed by atoms with E-state index in [1.807, 2.05) is 0 Å². The van der Waals surface area contributed by atoms with Crippen molar-refractivity contribution < 1.29 is 0 Å². The lowest BCUT2D eigenvalue weighted by Gasteiger charge is -2.14. The van der Waals surface area contributed by atoms with Crippen LogP contribution in [0.2, 0.25) is 0 Å². The molecule has 3 aliphatic rings. The van der Waals surface area contributed by atoms with Crippen LogP contribution in [0.1, 0.15) is 39.0 Å². The first-order valence-corrected chi connectivity index (χ1v) is 4.27. The molecule has 0 bridgehead atoms. The van der Waals surface area contributed by atoms with E-state index >= 15 is 0 Å². The van der Waals surface area contributed by atoms with Gasteiger partial charge in [-0.1, -0.05) is 13.3 Å². The number of hydrogen-bond donors (Lipinski definition) is 0. The maximum absolute atomic E-state index is 2.43. The Kier molecular flexibility index (Phi) is 0.518. The molecule has 0 aromatic rings. The van der Waals surface area contributed by atoms with Gasteiger partial charge in [-0.2, -0.15) is 0 Å². The quantitative estimate of drug-likeness (QED) is 0.463. The molecule has 3 saturated carbocycles. The molecule has 0 amide bonds. The second kappa shape index (κ2) is 0.980. The summed E-state index contributed by atoms with van der Waals surface area (Å²) in [6.07, 6.45) is 7.91. The zero-order valence-electron chi connectivity index (χ0n) is 6.11. The summed E-state index contributed by atoms with van der Waals surface area (Å²) in [5.41, 5.74) is 1.93. The van der Waals surface area contributed by atoms with Crippen LogP contribution in [0.5, 0.6) is 0 Å². The van der Waals surface area contributed by atoms with E-state index in [-0.39, 0.29) is 0 Å². The lowest BCUT2D eigenvalue weighted by Crippen LogP contribution is -2.03. The molecule has 0 unspecified atom stereocenters. The summed E-state index contributed by atoms with van der Waals surface area (Å²) in [4.78, 5) is 0. The molecule has 0 N–H and O–H groups in total. The maximum Gasteiger partial charge on any atom is -0.0227 e. The molecule has 3 aliphatic carbocycles. The Morgan fingerprint density at radius 1 is 1.22 bits per heavy atom. The van der Waals surface area contributed by atoms with E-state index in [0.29, 0.717) is 0 Å². The van der Waals surface area contributed by atoms with E-state index in [4.69, 9.17) is 0 Å². The van der Waals surface area contributed by atoms with Gasteiger partial charge >= 0.3 is 0 Å². The van der Waals surface area contributed by atoms with Crippen molar-refractivity contribution in [2.24, 2.45) is 16.7 Å². The molecule has 3 fully saturated rings. The van der Waals surface area contributed by atoms with Crippen molar-refractivity contribution in [2.45, 2.75) is 39.0 Å². The predicted molar refractivity (Wildman–Crippen MR) is 37.1 cm³/mol. The van der Waals surface area contributed by atoms with Crippen LogP contribution in [0.25, 0.3) is 0 Å². The van der Waals surface area contributed by atoms with Crippen LogP contribution >= 0.6 is 0 Å². The Morgan fingerprint density at radius 2 is 2.00 bits per heavy atom. The second-order valence-electron chi connectivity index (χ2n) is 4.76. The van der Waals surface area contributed by atoms with Crippen LogP contribution in [0.4, 0.5) is 0 Å². The third-order valence-corrected chi connectivity index (χ3v) is 4.08. The van der Waals surface area contributed by atoms with Crippen LogP contribution < -0.4 is 0 Å². The predicted octanol–water partition coefficient (Wildman–Crippen LogP) is 2.59. The highest BCUT2D eigenvalue weighted by molar-refractivity contribution is 5.31. The van der Waals surface area contributed by atoms with Gasteiger partial charge in [-0.25, -0.2) is 0 Å². The van der Waals surface area contributed by atoms with Crippen molar-refractivity contribution in [1.82, 2.24) is 0 Å². The van der Waals surface area contributed by atoms with Crippen LogP contribution in [-0.2, 0) is 0 Å². The highest BCUT2D eigenvalue weighted by atomic mass is 14.9. The average Bonchev–Trinajstić information content (AvgIpc) is 2.48. The second-order valence-corrected chi connectivity index (χ2v) is 4.76. The fourth-order valence-electron chi connectivity index (χ4n) is 3.25. The van der Waals surface area contributed by atoms with Crippen LogP contribution in [0.15, 0.2) is 0 Å². The summed E-state index contributed by atoms with van der Waals surface area (Å²) in [6, 6.07) is 0. The van der Waals surface area contributed by atoms with Crippen molar-refractivity contribution in [3.63, 3.8) is 0 Å². The molecule has 0 nitrogen and oxygen atoms in total. The van der Waals surface area contributed by atoms with Gasteiger partial charge in [0.05, 0.1) is 0 Å². The minimum atomic E-state index is 0.963. The molecular formula is C9H14. The summed E-state index contributed by atoms with van der Waals surface area (Å²) in [5.74, 6) is 1.06. The van der Waals surface area contributed by atoms with Gasteiger partial charge in [-0.15, -0.1) is 0 Å². The first-order chi connectivity index (χ1) is 4.27. The molecule has 0 aliphatic heterocycles. The maximum atomic E-state index is 2.43. The fourth-order valence-corrected chi connectivity index (χ4v) is 3.25. The van der Waals surface area contributed by atoms with Crippen LogP contribution in [0.3, 0.4) is 0 Å². The first kappa shape index (κ1) is 4.76. The topological polar surface area (TPSA) is 0 Å². The number of hydrogen-bond acceptors (Lipinski definition) is 0. The highest BCUT2D eigenvalue weighted by Gasteiger charge is 2.82. The molecule has 9 heavy (non-hydrogen) atoms. The van der Waals surface area contributed by atoms with Gasteiger partial charge in [0.2, 0.25) is 0 Å². The molecule has 0 spiro atoms. The molecular weight excluding hydrogens is 108 g/mol. The monoisotopic (exact) mass is 122 g/mol. The molecule has 0 aromatic heterocycles. The van der Waals surface area contributed by atoms with E-state index in [1.54, 1.807) is 25.7 Å². The molecule has 1 atom stereocenters. The molecule has 0 heteroatoms. The largest absolute Gasteiger partial charge is 0.0625 e. The lowest BCUT2D eigenvalue weighted by atomic mass is 9.91. The van der Waals surface area contributed by atoms with E-state index in [2.05, 4.69) is 6.92 Å². The van der Waals surface area contributed by atoms with Gasteiger partial charge in [0, 0.05) is 0 Å². The Bertz CT molecular complexity index is 163. The Labute approximate surface area is 56.6 Å². The fraction of sp³-hybridized carbons (Fsp3) is 1.00. The van der Waals surface area contributed by atoms with Gasteiger partial charge in [0.15, 0.2) is 0 Å². The third-order valence-electron chi connectivity index (χ3n) is 4.08. The smallest absolute Gasteiger partial charge is 0.0227 e. The van der Waals surface area contributed by atoms with E-state index < -0.39 is 0 Å². The highest BCUT2D eigenvalue weighted by Crippen LogP contribution is 2.91. The van der Waals surface area contributed by atoms with Crippen molar-refractivity contribution >= 4 is 0 Å². The van der Waals surface area contributed by atoms with E-state index in [9.17, 15) is 0 Å². The van der Waals surface area contributed by atoms with Crippen LogP contribution in [-0.4, -0.2) is 0 Å². The summed E-state index contributed by atoms with van der Waals surface area (Å²) < 4.78 is 0. The minimum Gasteiger partial charge on any atom is -0.0625 e. The Morgan fingerprint density at radius 3 is 2.56 bits per heavy atom. The van der Waals surface area contributed by atoms with Crippen molar-refractivity contribution in [1.29, 1.82) is 0 Å². The van der Waals surface area contributed by atoms with Gasteiger partial charge in [-0.3, -0.25) is 0 Å². The summed E-state index contributed by atoms with van der Waals surface area (Å²) in [5, 5.41) is 0. The summed E-state index contributed by atoms with van der Waals surface area (Å²) >= 11 is 0. The molecule has 50 valence electrons. The SMILES string of the molecule is C[C@@H]1CCC23CC2(C1)C3. The zero-order chi connectivity index (χ0) is 6.11. The van der Waals surface area contributed by atoms with E-state index in [0.717, 1.165) is 16.7 Å². The Hall–Kier alpha value is 0. The molecule has 0 aromatic carbocycles. The normalized spacial score (nSPS) is 68.3. The van der Waals surface area contributed by atoms with Crippen molar-refractivity contribution in [3.05, 3.63) is 0 Å². The first-order valence-electron chi connectivity index (χ1n) is 4.27. The van der Waals surface area contributed by atoms with Crippen molar-refractivity contribution in [2.75, 3.05) is 0 Å². The summed E-state index contributed by atoms with van der Waals surface area (Å²) in [6.45, 7) is 2.43. The van der Waals surface area contributed by atoms with Crippen molar-refractivity contribution in [3.8, 4) is 0 Å². The van der Waals surface area contributed by atoms with Gasteiger partial charge in [-0.05, 0) is 42.4 Å². The van der Waals surface area contributed by atoms with E-state index in [1.165, 1.54) is 6.42 Å². The molecule has 3 rings (SSSR count). The van der Waals surface area contributed by atoms with Gasteiger partial charge < -0.3 is 0 Å². The standard InChI is InChI=1S/C9H14/c1-7-2-3-8-5-9(8,4-7)6-8/h7H,2-6H2,1H3/t7-,8?,9?/m1/s1. The third kappa shape index (κ3) is 0.367. The zero-order valence-corrected chi connectivity index (χ0v) is 6.11. The van der Waals surface area contributed by atoms with Gasteiger partial charge in [0.1, 0.15) is 0 Å². The molecule has 0 heterocycles. The lowest BCUT2D eigenvalue weighted by molar-refractivity contribution is 0.367.